The first-order valence-corrected chi connectivity index (χ1v) is 12.1. The van der Waals surface area contributed by atoms with Gasteiger partial charge in [0.15, 0.2) is 41.4 Å². The lowest BCUT2D eigenvalue weighted by atomic mass is 10.1. The highest BCUT2D eigenvalue weighted by molar-refractivity contribution is 7.89. The number of rotatable bonds is 11. The van der Waals surface area contributed by atoms with Gasteiger partial charge in [0.1, 0.15) is 18.3 Å². The molecule has 0 aliphatic carbocycles. The summed E-state index contributed by atoms with van der Waals surface area (Å²) in [4.78, 5) is 12.3. The molecule has 2 aliphatic heterocycles. The first kappa shape index (κ1) is 26.8. The Balaban J connectivity index is 1.18. The average molecular weight is 533 g/mol. The summed E-state index contributed by atoms with van der Waals surface area (Å²) in [7, 11) is 2.94. The van der Waals surface area contributed by atoms with Crippen LogP contribution in [0.2, 0.25) is 0 Å². The smallest absolute Gasteiger partial charge is 0.331 e. The summed E-state index contributed by atoms with van der Waals surface area (Å²) in [5.74, 6) is 0.260. The number of benzene rings is 2. The summed E-state index contributed by atoms with van der Waals surface area (Å²) >= 11 is 0.847. The number of aromatic hydroxyl groups is 2. The number of hydrogen-bond acceptors (Lipinski definition) is 11. The predicted octanol–water partition coefficient (Wildman–Crippen LogP) is 3.52. The van der Waals surface area contributed by atoms with Crippen molar-refractivity contribution < 1.29 is 47.1 Å². The fourth-order valence-corrected chi connectivity index (χ4v) is 4.35. The van der Waals surface area contributed by atoms with Crippen LogP contribution in [0.1, 0.15) is 11.1 Å². The van der Waals surface area contributed by atoms with Gasteiger partial charge in [-0.2, -0.15) is 0 Å². The molecular weight excluding hydrogens is 504 g/mol. The number of phenolic OH excluding ortho intramolecular Hbond substituents is 2. The Morgan fingerprint density at radius 3 is 2.19 bits per heavy atom. The second kappa shape index (κ2) is 12.8. The molecular formula is C26H28O10S. The highest BCUT2D eigenvalue weighted by atomic mass is 32.2. The molecule has 0 aromatic heterocycles. The fraction of sp³-hybridized carbons (Fsp3) is 0.346. The van der Waals surface area contributed by atoms with Gasteiger partial charge in [0.25, 0.3) is 0 Å². The minimum atomic E-state index is -0.554. The van der Waals surface area contributed by atoms with Crippen LogP contribution in [-0.2, 0) is 27.4 Å². The molecule has 198 valence electrons. The van der Waals surface area contributed by atoms with Gasteiger partial charge >= 0.3 is 5.97 Å². The third-order valence-electron chi connectivity index (χ3n) is 5.74. The van der Waals surface area contributed by atoms with E-state index in [0.29, 0.717) is 17.1 Å². The molecule has 2 aromatic rings. The molecule has 11 heteroatoms. The number of phenols is 2. The predicted molar refractivity (Wildman–Crippen MR) is 135 cm³/mol. The van der Waals surface area contributed by atoms with Gasteiger partial charge in [-0.3, -0.25) is 8.37 Å². The summed E-state index contributed by atoms with van der Waals surface area (Å²) in [6.45, 7) is 0.772. The molecule has 10 nitrogen and oxygen atoms in total. The fourth-order valence-electron chi connectivity index (χ4n) is 3.89. The number of esters is 1. The zero-order valence-corrected chi connectivity index (χ0v) is 21.1. The minimum absolute atomic E-state index is 0.0154. The molecule has 37 heavy (non-hydrogen) atoms. The Labute approximate surface area is 218 Å². The Morgan fingerprint density at radius 2 is 1.54 bits per heavy atom. The van der Waals surface area contributed by atoms with E-state index in [2.05, 4.69) is 0 Å². The van der Waals surface area contributed by atoms with E-state index in [9.17, 15) is 15.0 Å². The van der Waals surface area contributed by atoms with Crippen molar-refractivity contribution in [2.75, 3.05) is 34.0 Å². The average Bonchev–Trinajstić information content (AvgIpc) is 3.49. The van der Waals surface area contributed by atoms with E-state index in [4.69, 9.17) is 32.1 Å². The van der Waals surface area contributed by atoms with Crippen LogP contribution in [0.15, 0.2) is 48.6 Å². The molecule has 0 spiro atoms. The van der Waals surface area contributed by atoms with Crippen molar-refractivity contribution in [3.63, 3.8) is 0 Å². The lowest BCUT2D eigenvalue weighted by molar-refractivity contribution is -0.147. The van der Waals surface area contributed by atoms with E-state index >= 15 is 0 Å². The largest absolute Gasteiger partial charge is 0.504 e. The molecule has 2 fully saturated rings. The molecule has 2 heterocycles. The van der Waals surface area contributed by atoms with Crippen molar-refractivity contribution in [2.24, 2.45) is 0 Å². The molecule has 0 radical (unpaired) electrons. The van der Waals surface area contributed by atoms with Gasteiger partial charge < -0.3 is 33.9 Å². The van der Waals surface area contributed by atoms with Crippen LogP contribution in [0.5, 0.6) is 23.0 Å². The number of methoxy groups -OCH3 is 2. The molecule has 2 aromatic carbocycles. The van der Waals surface area contributed by atoms with Gasteiger partial charge in [0.2, 0.25) is 0 Å². The first-order chi connectivity index (χ1) is 18.0. The van der Waals surface area contributed by atoms with E-state index < -0.39 is 18.2 Å². The Bertz CT molecular complexity index is 1130. The molecule has 4 atom stereocenters. The number of hydrogen-bond donors (Lipinski definition) is 2. The highest BCUT2D eigenvalue weighted by Gasteiger charge is 2.50. The quantitative estimate of drug-likeness (QED) is 0.191. The highest BCUT2D eigenvalue weighted by Crippen LogP contribution is 2.33. The zero-order chi connectivity index (χ0) is 26.2. The number of fused-ring (bicyclic) bond motifs is 1. The van der Waals surface area contributed by atoms with Gasteiger partial charge in [-0.25, -0.2) is 4.79 Å². The van der Waals surface area contributed by atoms with Crippen molar-refractivity contribution in [3.05, 3.63) is 59.7 Å². The summed E-state index contributed by atoms with van der Waals surface area (Å²) in [6, 6.07) is 9.77. The monoisotopic (exact) mass is 532 g/mol. The molecule has 0 amide bonds. The standard InChI is InChI=1S/C26H28O10S/c1-30-20-12-16(5-8-18(20)27)4-3-11-34-37-36-23-15-33-25-22(14-32-26(23)25)35-24(29)10-7-17-6-9-19(28)21(13-17)31-2/h3-10,12-13,22-23,25-28H,11,14-15H2,1-2H3/b4-3+,10-7+. The maximum absolute atomic E-state index is 12.3. The third kappa shape index (κ3) is 6.96. The molecule has 4 rings (SSSR count). The van der Waals surface area contributed by atoms with Crippen LogP contribution < -0.4 is 9.47 Å². The lowest BCUT2D eigenvalue weighted by Gasteiger charge is -2.16. The van der Waals surface area contributed by atoms with Crippen molar-refractivity contribution in [2.45, 2.75) is 24.4 Å². The summed E-state index contributed by atoms with van der Waals surface area (Å²) in [5.41, 5.74) is 1.53. The van der Waals surface area contributed by atoms with Crippen molar-refractivity contribution in [1.29, 1.82) is 0 Å². The van der Waals surface area contributed by atoms with E-state index in [1.165, 1.54) is 26.4 Å². The van der Waals surface area contributed by atoms with E-state index in [-0.39, 0.29) is 43.5 Å². The molecule has 4 unspecified atom stereocenters. The lowest BCUT2D eigenvalue weighted by Crippen LogP contribution is -2.34. The minimum Gasteiger partial charge on any atom is -0.504 e. The van der Waals surface area contributed by atoms with Crippen LogP contribution >= 0.6 is 12.3 Å². The molecule has 0 bridgehead atoms. The second-order valence-corrected chi connectivity index (χ2v) is 8.72. The van der Waals surface area contributed by atoms with Gasteiger partial charge in [-0.05, 0) is 41.5 Å². The van der Waals surface area contributed by atoms with Crippen molar-refractivity contribution in [3.8, 4) is 23.0 Å². The van der Waals surface area contributed by atoms with Crippen LogP contribution in [0, 0.1) is 0 Å². The number of ether oxygens (including phenoxy) is 5. The second-order valence-electron chi connectivity index (χ2n) is 8.16. The first-order valence-electron chi connectivity index (χ1n) is 11.5. The van der Waals surface area contributed by atoms with Gasteiger partial charge in [0.05, 0.1) is 34.0 Å². The maximum Gasteiger partial charge on any atom is 0.331 e. The Hall–Kier alpha value is -3.22. The third-order valence-corrected chi connectivity index (χ3v) is 6.29. The molecule has 0 saturated carbocycles. The van der Waals surface area contributed by atoms with E-state index in [0.717, 1.165) is 17.9 Å². The van der Waals surface area contributed by atoms with Gasteiger partial charge in [-0.1, -0.05) is 24.3 Å². The molecule has 2 aliphatic rings. The van der Waals surface area contributed by atoms with Crippen LogP contribution in [0.25, 0.3) is 12.2 Å². The zero-order valence-electron chi connectivity index (χ0n) is 20.3. The Kier molecular flexibility index (Phi) is 9.31. The topological polar surface area (TPSA) is 122 Å². The van der Waals surface area contributed by atoms with Crippen LogP contribution in [-0.4, -0.2) is 74.6 Å². The number of carbonyl (C=O) groups excluding carboxylic acids is 1. The molecule has 2 saturated heterocycles. The number of carbonyl (C=O) groups is 1. The summed E-state index contributed by atoms with van der Waals surface area (Å²) in [5, 5.41) is 19.3. The normalized spacial score (nSPS) is 23.0. The van der Waals surface area contributed by atoms with Crippen LogP contribution in [0.4, 0.5) is 0 Å². The summed E-state index contributed by atoms with van der Waals surface area (Å²) < 4.78 is 38.3. The van der Waals surface area contributed by atoms with Gasteiger partial charge in [-0.15, -0.1) is 0 Å². The summed E-state index contributed by atoms with van der Waals surface area (Å²) in [6.07, 6.45) is 4.78. The van der Waals surface area contributed by atoms with Crippen molar-refractivity contribution in [1.82, 2.24) is 0 Å². The van der Waals surface area contributed by atoms with E-state index in [1.54, 1.807) is 42.5 Å². The molecule has 2 N–H and O–H groups in total. The maximum atomic E-state index is 12.3. The SMILES string of the molecule is COc1cc(/C=C/COSOC2COC3C(OC(=O)/C=C/c4ccc(O)c(OC)c4)COC23)ccc1O. The van der Waals surface area contributed by atoms with E-state index in [1.807, 2.05) is 6.08 Å². The Morgan fingerprint density at radius 1 is 0.946 bits per heavy atom. The van der Waals surface area contributed by atoms with Gasteiger partial charge in [0, 0.05) is 6.08 Å². The van der Waals surface area contributed by atoms with Crippen LogP contribution in [0.3, 0.4) is 0 Å². The van der Waals surface area contributed by atoms with Crippen molar-refractivity contribution >= 4 is 30.4 Å².